The van der Waals surface area contributed by atoms with E-state index < -0.39 is 11.8 Å². The summed E-state index contributed by atoms with van der Waals surface area (Å²) in [6.07, 6.45) is 1.75. The molecule has 1 saturated carbocycles. The van der Waals surface area contributed by atoms with Crippen molar-refractivity contribution in [1.82, 2.24) is 0 Å². The van der Waals surface area contributed by atoms with E-state index in [9.17, 15) is 9.18 Å². The van der Waals surface area contributed by atoms with Gasteiger partial charge in [-0.25, -0.2) is 4.39 Å². The number of hydrogen-bond acceptors (Lipinski definition) is 2. The Balaban J connectivity index is 2.53. The zero-order chi connectivity index (χ0) is 14.2. The number of rotatable bonds is 5. The van der Waals surface area contributed by atoms with Crippen LogP contribution in [0, 0.1) is 18.7 Å². The lowest BCUT2D eigenvalue weighted by atomic mass is 9.88. The van der Waals surface area contributed by atoms with Crippen LogP contribution in [0.1, 0.15) is 36.3 Å². The standard InChI is InChI=1S/C14H16ClFO3/c1-7-5-10(15)13(16)12(14(7)19-2)9(6-11(17)18)8-3-4-8/h5,8-9H,3-4,6H2,1-2H3,(H,17,18). The van der Waals surface area contributed by atoms with Crippen LogP contribution in [0.3, 0.4) is 0 Å². The molecule has 0 radical (unpaired) electrons. The molecule has 104 valence electrons. The number of aliphatic carboxylic acids is 1. The first kappa shape index (κ1) is 14.1. The molecule has 0 aliphatic heterocycles. The summed E-state index contributed by atoms with van der Waals surface area (Å²) in [6, 6.07) is 1.50. The molecular weight excluding hydrogens is 271 g/mol. The highest BCUT2D eigenvalue weighted by molar-refractivity contribution is 6.31. The Kier molecular flexibility index (Phi) is 3.99. The quantitative estimate of drug-likeness (QED) is 0.896. The maximum Gasteiger partial charge on any atom is 0.303 e. The second-order valence-corrected chi connectivity index (χ2v) is 5.39. The molecule has 0 heterocycles. The number of methoxy groups -OCH3 is 1. The van der Waals surface area contributed by atoms with Crippen LogP contribution in [-0.4, -0.2) is 18.2 Å². The summed E-state index contributed by atoms with van der Waals surface area (Å²) in [5, 5.41) is 9.04. The van der Waals surface area contributed by atoms with Crippen molar-refractivity contribution >= 4 is 17.6 Å². The van der Waals surface area contributed by atoms with E-state index in [0.717, 1.165) is 18.4 Å². The van der Waals surface area contributed by atoms with E-state index in [4.69, 9.17) is 21.4 Å². The van der Waals surface area contributed by atoms with Gasteiger partial charge in [-0.1, -0.05) is 11.6 Å². The maximum atomic E-state index is 14.3. The van der Waals surface area contributed by atoms with Gasteiger partial charge in [0.2, 0.25) is 0 Å². The van der Waals surface area contributed by atoms with Crippen molar-refractivity contribution in [3.63, 3.8) is 0 Å². The first-order valence-corrected chi connectivity index (χ1v) is 6.57. The van der Waals surface area contributed by atoms with Crippen LogP contribution in [0.4, 0.5) is 4.39 Å². The van der Waals surface area contributed by atoms with Crippen molar-refractivity contribution in [1.29, 1.82) is 0 Å². The van der Waals surface area contributed by atoms with Gasteiger partial charge in [-0.15, -0.1) is 0 Å². The predicted octanol–water partition coefficient (Wildman–Crippen LogP) is 3.76. The molecule has 1 fully saturated rings. The number of benzene rings is 1. The summed E-state index contributed by atoms with van der Waals surface area (Å²) in [6.45, 7) is 1.78. The molecule has 1 N–H and O–H groups in total. The van der Waals surface area contributed by atoms with E-state index >= 15 is 0 Å². The van der Waals surface area contributed by atoms with E-state index in [1.54, 1.807) is 6.92 Å². The van der Waals surface area contributed by atoms with Gasteiger partial charge in [-0.05, 0) is 37.3 Å². The van der Waals surface area contributed by atoms with Gasteiger partial charge in [0.25, 0.3) is 0 Å². The number of carboxylic acid groups (broad SMARTS) is 1. The SMILES string of the molecule is COc1c(C)cc(Cl)c(F)c1C(CC(=O)O)C1CC1. The Morgan fingerprint density at radius 3 is 2.74 bits per heavy atom. The molecule has 0 bridgehead atoms. The average Bonchev–Trinajstić information content (AvgIpc) is 3.14. The van der Waals surface area contributed by atoms with Gasteiger partial charge >= 0.3 is 5.97 Å². The lowest BCUT2D eigenvalue weighted by Gasteiger charge is -2.21. The summed E-state index contributed by atoms with van der Waals surface area (Å²) in [5.74, 6) is -1.24. The van der Waals surface area contributed by atoms with Crippen LogP contribution in [-0.2, 0) is 4.79 Å². The molecular formula is C14H16ClFO3. The third-order valence-corrected chi connectivity index (χ3v) is 3.83. The summed E-state index contributed by atoms with van der Waals surface area (Å²) in [7, 11) is 1.46. The molecule has 19 heavy (non-hydrogen) atoms. The zero-order valence-electron chi connectivity index (χ0n) is 10.9. The van der Waals surface area contributed by atoms with Crippen LogP contribution in [0.15, 0.2) is 6.07 Å². The largest absolute Gasteiger partial charge is 0.496 e. The van der Waals surface area contributed by atoms with Gasteiger partial charge < -0.3 is 9.84 Å². The van der Waals surface area contributed by atoms with Gasteiger partial charge in [0.05, 0.1) is 18.6 Å². The molecule has 0 aromatic heterocycles. The van der Waals surface area contributed by atoms with Crippen LogP contribution in [0.25, 0.3) is 0 Å². The van der Waals surface area contributed by atoms with Crippen molar-refractivity contribution in [3.8, 4) is 5.75 Å². The Morgan fingerprint density at radius 1 is 1.63 bits per heavy atom. The topological polar surface area (TPSA) is 46.5 Å². The smallest absolute Gasteiger partial charge is 0.303 e. The maximum absolute atomic E-state index is 14.3. The molecule has 1 aromatic rings. The molecule has 0 spiro atoms. The van der Waals surface area contributed by atoms with E-state index in [-0.39, 0.29) is 23.3 Å². The normalized spacial score (nSPS) is 16.2. The van der Waals surface area contributed by atoms with Gasteiger partial charge in [-0.2, -0.15) is 0 Å². The molecule has 2 rings (SSSR count). The molecule has 1 unspecified atom stereocenters. The number of ether oxygens (including phenoxy) is 1. The van der Waals surface area contributed by atoms with Crippen LogP contribution >= 0.6 is 11.6 Å². The van der Waals surface area contributed by atoms with Crippen molar-refractivity contribution in [2.75, 3.05) is 7.11 Å². The highest BCUT2D eigenvalue weighted by Gasteiger charge is 2.38. The molecule has 1 aromatic carbocycles. The fourth-order valence-corrected chi connectivity index (χ4v) is 2.82. The van der Waals surface area contributed by atoms with Gasteiger partial charge in [0.1, 0.15) is 11.6 Å². The average molecular weight is 287 g/mol. The molecule has 1 aliphatic carbocycles. The Hall–Kier alpha value is -1.29. The fourth-order valence-electron chi connectivity index (χ4n) is 2.55. The number of halogens is 2. The summed E-state index contributed by atoms with van der Waals surface area (Å²) >= 11 is 5.88. The van der Waals surface area contributed by atoms with E-state index in [0.29, 0.717) is 11.3 Å². The minimum absolute atomic E-state index is 0.0179. The predicted molar refractivity (Wildman–Crippen MR) is 70.4 cm³/mol. The Bertz CT molecular complexity index is 512. The fraction of sp³-hybridized carbons (Fsp3) is 0.500. The molecule has 0 saturated heterocycles. The van der Waals surface area contributed by atoms with Gasteiger partial charge in [0.15, 0.2) is 0 Å². The number of aryl methyl sites for hydroxylation is 1. The van der Waals surface area contributed by atoms with Crippen LogP contribution in [0.5, 0.6) is 5.75 Å². The second-order valence-electron chi connectivity index (χ2n) is 4.98. The van der Waals surface area contributed by atoms with Crippen LogP contribution < -0.4 is 4.74 Å². The van der Waals surface area contributed by atoms with Gasteiger partial charge in [-0.3, -0.25) is 4.79 Å². The minimum atomic E-state index is -0.934. The van der Waals surface area contributed by atoms with Crippen molar-refractivity contribution in [2.24, 2.45) is 5.92 Å². The lowest BCUT2D eigenvalue weighted by molar-refractivity contribution is -0.137. The highest BCUT2D eigenvalue weighted by atomic mass is 35.5. The third-order valence-electron chi connectivity index (χ3n) is 3.55. The monoisotopic (exact) mass is 286 g/mol. The highest BCUT2D eigenvalue weighted by Crippen LogP contribution is 2.49. The molecule has 5 heteroatoms. The number of carbonyl (C=O) groups is 1. The number of carboxylic acids is 1. The van der Waals surface area contributed by atoms with E-state index in [1.807, 2.05) is 0 Å². The van der Waals surface area contributed by atoms with Gasteiger partial charge in [0, 0.05) is 11.5 Å². The summed E-state index contributed by atoms with van der Waals surface area (Å²) in [4.78, 5) is 11.0. The molecule has 1 atom stereocenters. The molecule has 3 nitrogen and oxygen atoms in total. The molecule has 1 aliphatic rings. The zero-order valence-corrected chi connectivity index (χ0v) is 11.6. The molecule has 0 amide bonds. The first-order valence-electron chi connectivity index (χ1n) is 6.20. The van der Waals surface area contributed by atoms with Crippen molar-refractivity contribution in [2.45, 2.75) is 32.1 Å². The Labute approximate surface area is 116 Å². The lowest BCUT2D eigenvalue weighted by Crippen LogP contribution is -2.12. The number of hydrogen-bond donors (Lipinski definition) is 1. The van der Waals surface area contributed by atoms with Crippen LogP contribution in [0.2, 0.25) is 5.02 Å². The minimum Gasteiger partial charge on any atom is -0.496 e. The Morgan fingerprint density at radius 2 is 2.26 bits per heavy atom. The summed E-state index contributed by atoms with van der Waals surface area (Å²) in [5.41, 5.74) is 1.04. The van der Waals surface area contributed by atoms with E-state index in [1.165, 1.54) is 13.2 Å². The van der Waals surface area contributed by atoms with Crippen molar-refractivity contribution in [3.05, 3.63) is 28.0 Å². The third kappa shape index (κ3) is 2.84. The van der Waals surface area contributed by atoms with Crippen molar-refractivity contribution < 1.29 is 19.0 Å². The second kappa shape index (κ2) is 5.37. The van der Waals surface area contributed by atoms with E-state index in [2.05, 4.69) is 0 Å². The first-order chi connectivity index (χ1) is 8.95. The summed E-state index contributed by atoms with van der Waals surface area (Å²) < 4.78 is 19.6.